The highest BCUT2D eigenvalue weighted by molar-refractivity contribution is 5.91. The molecule has 3 rings (SSSR count). The Balaban J connectivity index is 2.11. The van der Waals surface area contributed by atoms with Gasteiger partial charge in [0, 0.05) is 18.2 Å². The number of aromatic nitrogens is 1. The lowest BCUT2D eigenvalue weighted by atomic mass is 10.1. The fraction of sp³-hybridized carbons (Fsp3) is 0.125. The number of hydrogen-bond donors (Lipinski definition) is 1. The highest BCUT2D eigenvalue weighted by atomic mass is 16.3. The fourth-order valence-electron chi connectivity index (χ4n) is 2.18. The summed E-state index contributed by atoms with van der Waals surface area (Å²) in [7, 11) is 0. The van der Waals surface area contributed by atoms with Crippen LogP contribution in [0, 0.1) is 6.92 Å². The van der Waals surface area contributed by atoms with Crippen molar-refractivity contribution in [3.8, 4) is 11.5 Å². The van der Waals surface area contributed by atoms with Crippen LogP contribution in [0.1, 0.15) is 12.5 Å². The Morgan fingerprint density at radius 1 is 1.15 bits per heavy atom. The molecule has 0 saturated carbocycles. The minimum Gasteiger partial charge on any atom is -0.436 e. The highest BCUT2D eigenvalue weighted by Gasteiger charge is 2.12. The Kier molecular flexibility index (Phi) is 2.99. The van der Waals surface area contributed by atoms with Gasteiger partial charge in [0.15, 0.2) is 5.58 Å². The van der Waals surface area contributed by atoms with Gasteiger partial charge in [-0.1, -0.05) is 18.2 Å². The summed E-state index contributed by atoms with van der Waals surface area (Å²) in [5, 5.41) is 2.81. The molecule has 0 fully saturated rings. The van der Waals surface area contributed by atoms with Crippen molar-refractivity contribution in [3.63, 3.8) is 0 Å². The first-order valence-corrected chi connectivity index (χ1v) is 6.38. The zero-order chi connectivity index (χ0) is 14.1. The van der Waals surface area contributed by atoms with Crippen LogP contribution in [-0.4, -0.2) is 10.9 Å². The molecule has 0 saturated heterocycles. The first kappa shape index (κ1) is 12.4. The number of benzene rings is 2. The first-order chi connectivity index (χ1) is 9.65. The Labute approximate surface area is 116 Å². The summed E-state index contributed by atoms with van der Waals surface area (Å²) < 4.78 is 5.77. The van der Waals surface area contributed by atoms with Crippen molar-refractivity contribution < 1.29 is 9.21 Å². The van der Waals surface area contributed by atoms with Crippen molar-refractivity contribution in [1.29, 1.82) is 0 Å². The molecule has 4 heteroatoms. The van der Waals surface area contributed by atoms with Gasteiger partial charge in [0.1, 0.15) is 5.52 Å². The molecule has 100 valence electrons. The van der Waals surface area contributed by atoms with Crippen LogP contribution in [0.2, 0.25) is 0 Å². The number of carbonyl (C=O) groups excluding carboxylic acids is 1. The van der Waals surface area contributed by atoms with E-state index in [2.05, 4.69) is 10.3 Å². The van der Waals surface area contributed by atoms with Crippen molar-refractivity contribution in [2.24, 2.45) is 0 Å². The second kappa shape index (κ2) is 4.81. The molecule has 2 aromatic carbocycles. The molecule has 1 N–H and O–H groups in total. The Morgan fingerprint density at radius 2 is 1.95 bits per heavy atom. The van der Waals surface area contributed by atoms with Crippen LogP contribution in [-0.2, 0) is 4.79 Å². The molecule has 3 aromatic rings. The highest BCUT2D eigenvalue weighted by Crippen LogP contribution is 2.30. The number of fused-ring (bicyclic) bond motifs is 1. The molecule has 0 aliphatic carbocycles. The number of rotatable bonds is 2. The van der Waals surface area contributed by atoms with Gasteiger partial charge in [-0.25, -0.2) is 4.98 Å². The maximum atomic E-state index is 11.2. The normalized spacial score (nSPS) is 10.7. The summed E-state index contributed by atoms with van der Waals surface area (Å²) >= 11 is 0. The topological polar surface area (TPSA) is 55.1 Å². The number of oxazole rings is 1. The van der Waals surface area contributed by atoms with Gasteiger partial charge in [-0.2, -0.15) is 0 Å². The lowest BCUT2D eigenvalue weighted by Gasteiger charge is -2.09. The van der Waals surface area contributed by atoms with Gasteiger partial charge in [-0.05, 0) is 36.8 Å². The zero-order valence-corrected chi connectivity index (χ0v) is 11.3. The van der Waals surface area contributed by atoms with E-state index in [1.54, 1.807) is 0 Å². The molecule has 0 spiro atoms. The third-order valence-corrected chi connectivity index (χ3v) is 3.17. The second-order valence-electron chi connectivity index (χ2n) is 4.65. The van der Waals surface area contributed by atoms with E-state index in [1.807, 2.05) is 49.4 Å². The lowest BCUT2D eigenvalue weighted by molar-refractivity contribution is -0.114. The molecule has 0 unspecified atom stereocenters. The Hall–Kier alpha value is -2.62. The summed E-state index contributed by atoms with van der Waals surface area (Å²) in [4.78, 5) is 15.7. The molecule has 1 aromatic heterocycles. The lowest BCUT2D eigenvalue weighted by Crippen LogP contribution is -2.07. The minimum atomic E-state index is -0.0946. The van der Waals surface area contributed by atoms with Crippen molar-refractivity contribution in [1.82, 2.24) is 4.98 Å². The standard InChI is InChI=1S/C16H14N2O2/c1-10-12(6-5-8-13(10)17-11(2)19)16-18-14-7-3-4-9-15(14)20-16/h3-9H,1-2H3,(H,17,19). The number of para-hydroxylation sites is 2. The van der Waals surface area contributed by atoms with Crippen molar-refractivity contribution in [2.45, 2.75) is 13.8 Å². The van der Waals surface area contributed by atoms with Crippen molar-refractivity contribution >= 4 is 22.7 Å². The van der Waals surface area contributed by atoms with Gasteiger partial charge < -0.3 is 9.73 Å². The van der Waals surface area contributed by atoms with E-state index in [0.717, 1.165) is 27.9 Å². The molecule has 0 bridgehead atoms. The van der Waals surface area contributed by atoms with E-state index in [1.165, 1.54) is 6.92 Å². The maximum absolute atomic E-state index is 11.2. The average Bonchev–Trinajstić information content (AvgIpc) is 2.84. The van der Waals surface area contributed by atoms with Crippen LogP contribution in [0.15, 0.2) is 46.9 Å². The third-order valence-electron chi connectivity index (χ3n) is 3.17. The smallest absolute Gasteiger partial charge is 0.227 e. The van der Waals surface area contributed by atoms with Crippen LogP contribution in [0.3, 0.4) is 0 Å². The Bertz CT molecular complexity index is 757. The summed E-state index contributed by atoms with van der Waals surface area (Å²) in [5.41, 5.74) is 4.18. The van der Waals surface area contributed by atoms with Crippen molar-refractivity contribution in [3.05, 3.63) is 48.0 Å². The summed E-state index contributed by atoms with van der Waals surface area (Å²) in [5.74, 6) is 0.471. The van der Waals surface area contributed by atoms with Crippen LogP contribution in [0.5, 0.6) is 0 Å². The van der Waals surface area contributed by atoms with Gasteiger partial charge in [-0.15, -0.1) is 0 Å². The number of hydrogen-bond acceptors (Lipinski definition) is 3. The van der Waals surface area contributed by atoms with Gasteiger partial charge in [0.05, 0.1) is 0 Å². The predicted octanol–water partition coefficient (Wildman–Crippen LogP) is 3.76. The van der Waals surface area contributed by atoms with E-state index in [-0.39, 0.29) is 5.91 Å². The quantitative estimate of drug-likeness (QED) is 0.768. The van der Waals surface area contributed by atoms with Crippen LogP contribution < -0.4 is 5.32 Å². The monoisotopic (exact) mass is 266 g/mol. The molecule has 1 amide bonds. The van der Waals surface area contributed by atoms with Crippen LogP contribution >= 0.6 is 0 Å². The number of nitrogens with one attached hydrogen (secondary N) is 1. The number of amides is 1. The first-order valence-electron chi connectivity index (χ1n) is 6.38. The van der Waals surface area contributed by atoms with E-state index in [4.69, 9.17) is 4.42 Å². The minimum absolute atomic E-state index is 0.0946. The van der Waals surface area contributed by atoms with Crippen LogP contribution in [0.4, 0.5) is 5.69 Å². The number of nitrogens with zero attached hydrogens (tertiary/aromatic N) is 1. The van der Waals surface area contributed by atoms with Crippen LogP contribution in [0.25, 0.3) is 22.6 Å². The molecule has 0 atom stereocenters. The molecule has 0 aliphatic rings. The molecular weight excluding hydrogens is 252 g/mol. The van der Waals surface area contributed by atoms with E-state index >= 15 is 0 Å². The molecule has 4 nitrogen and oxygen atoms in total. The molecule has 0 radical (unpaired) electrons. The van der Waals surface area contributed by atoms with Crippen molar-refractivity contribution in [2.75, 3.05) is 5.32 Å². The van der Waals surface area contributed by atoms with Gasteiger partial charge >= 0.3 is 0 Å². The summed E-state index contributed by atoms with van der Waals surface area (Å²) in [6.45, 7) is 3.43. The third kappa shape index (κ3) is 2.16. The predicted molar refractivity (Wildman–Crippen MR) is 78.5 cm³/mol. The largest absolute Gasteiger partial charge is 0.436 e. The number of anilines is 1. The molecule has 1 heterocycles. The van der Waals surface area contributed by atoms with Gasteiger partial charge in [0.25, 0.3) is 0 Å². The number of carbonyl (C=O) groups is 1. The molecular formula is C16H14N2O2. The average molecular weight is 266 g/mol. The second-order valence-corrected chi connectivity index (χ2v) is 4.65. The van der Waals surface area contributed by atoms with Gasteiger partial charge in [0.2, 0.25) is 11.8 Å². The maximum Gasteiger partial charge on any atom is 0.227 e. The zero-order valence-electron chi connectivity index (χ0n) is 11.3. The Morgan fingerprint density at radius 3 is 2.70 bits per heavy atom. The van der Waals surface area contributed by atoms with E-state index in [9.17, 15) is 4.79 Å². The SMILES string of the molecule is CC(=O)Nc1cccc(-c2nc3ccccc3o2)c1C. The van der Waals surface area contributed by atoms with E-state index in [0.29, 0.717) is 5.89 Å². The van der Waals surface area contributed by atoms with E-state index < -0.39 is 0 Å². The molecule has 0 aliphatic heterocycles. The fourth-order valence-corrected chi connectivity index (χ4v) is 2.18. The summed E-state index contributed by atoms with van der Waals surface area (Å²) in [6.07, 6.45) is 0. The summed E-state index contributed by atoms with van der Waals surface area (Å²) in [6, 6.07) is 13.3. The molecule has 20 heavy (non-hydrogen) atoms. The van der Waals surface area contributed by atoms with Gasteiger partial charge in [-0.3, -0.25) is 4.79 Å².